The van der Waals surface area contributed by atoms with Crippen LogP contribution in [0.4, 0.5) is 0 Å². The summed E-state index contributed by atoms with van der Waals surface area (Å²) in [6.07, 6.45) is 10.2. The molecule has 4 heterocycles. The molecule has 3 aromatic heterocycles. The Bertz CT molecular complexity index is 797. The van der Waals surface area contributed by atoms with Crippen LogP contribution in [0, 0.1) is 0 Å². The van der Waals surface area contributed by atoms with Gasteiger partial charge in [0.15, 0.2) is 5.82 Å². The molecule has 0 N–H and O–H groups in total. The third-order valence-corrected chi connectivity index (χ3v) is 4.30. The Balaban J connectivity index is 1.51. The summed E-state index contributed by atoms with van der Waals surface area (Å²) < 4.78 is 13.3. The monoisotopic (exact) mass is 324 g/mol. The van der Waals surface area contributed by atoms with E-state index in [-0.39, 0.29) is 6.10 Å². The SMILES string of the molecule is CC1CCCC(Cc2noc(-c3ccnc(-n4cccc4)c3)n2)O1. The molecule has 0 radical (unpaired) electrons. The Morgan fingerprint density at radius 3 is 2.96 bits per heavy atom. The van der Waals surface area contributed by atoms with Crippen molar-refractivity contribution < 1.29 is 9.26 Å². The van der Waals surface area contributed by atoms with Gasteiger partial charge in [-0.15, -0.1) is 0 Å². The summed E-state index contributed by atoms with van der Waals surface area (Å²) >= 11 is 0. The van der Waals surface area contributed by atoms with Gasteiger partial charge in [-0.3, -0.25) is 0 Å². The zero-order valence-electron chi connectivity index (χ0n) is 13.6. The lowest BCUT2D eigenvalue weighted by atomic mass is 10.0. The largest absolute Gasteiger partial charge is 0.375 e. The smallest absolute Gasteiger partial charge is 0.258 e. The molecule has 4 rings (SSSR count). The Hall–Kier alpha value is -2.47. The summed E-state index contributed by atoms with van der Waals surface area (Å²) in [5.41, 5.74) is 0.866. The second kappa shape index (κ2) is 6.57. The van der Waals surface area contributed by atoms with Gasteiger partial charge in [-0.25, -0.2) is 4.98 Å². The Labute approximate surface area is 140 Å². The highest BCUT2D eigenvalue weighted by Crippen LogP contribution is 2.23. The van der Waals surface area contributed by atoms with Crippen LogP contribution >= 0.6 is 0 Å². The van der Waals surface area contributed by atoms with Crippen molar-refractivity contribution in [3.8, 4) is 17.3 Å². The van der Waals surface area contributed by atoms with Gasteiger partial charge < -0.3 is 13.8 Å². The molecule has 3 aromatic rings. The normalized spacial score (nSPS) is 21.0. The fourth-order valence-corrected chi connectivity index (χ4v) is 3.09. The molecule has 2 atom stereocenters. The van der Waals surface area contributed by atoms with Crippen molar-refractivity contribution in [1.82, 2.24) is 19.7 Å². The molecule has 1 fully saturated rings. The van der Waals surface area contributed by atoms with Crippen LogP contribution in [0.2, 0.25) is 0 Å². The van der Waals surface area contributed by atoms with Gasteiger partial charge in [0.05, 0.1) is 12.2 Å². The van der Waals surface area contributed by atoms with Gasteiger partial charge in [0.1, 0.15) is 5.82 Å². The molecule has 0 aromatic carbocycles. The average molecular weight is 324 g/mol. The first-order valence-corrected chi connectivity index (χ1v) is 8.36. The number of hydrogen-bond acceptors (Lipinski definition) is 5. The fraction of sp³-hybridized carbons (Fsp3) is 0.389. The van der Waals surface area contributed by atoms with Gasteiger partial charge in [-0.1, -0.05) is 5.16 Å². The van der Waals surface area contributed by atoms with Gasteiger partial charge in [0.2, 0.25) is 0 Å². The number of aromatic nitrogens is 4. The third-order valence-electron chi connectivity index (χ3n) is 4.30. The fourth-order valence-electron chi connectivity index (χ4n) is 3.09. The predicted molar refractivity (Wildman–Crippen MR) is 88.7 cm³/mol. The molecule has 6 heteroatoms. The molecule has 0 aliphatic carbocycles. The van der Waals surface area contributed by atoms with Crippen LogP contribution in [0.15, 0.2) is 47.4 Å². The van der Waals surface area contributed by atoms with E-state index in [1.165, 1.54) is 6.42 Å². The standard InChI is InChI=1S/C18H20N4O2/c1-13-5-4-6-15(23-13)12-16-20-18(24-21-16)14-7-8-19-17(11-14)22-9-2-3-10-22/h2-3,7-11,13,15H,4-6,12H2,1H3. The quantitative estimate of drug-likeness (QED) is 0.735. The molecular weight excluding hydrogens is 304 g/mol. The maximum Gasteiger partial charge on any atom is 0.258 e. The predicted octanol–water partition coefficient (Wildman–Crippen LogP) is 3.42. The zero-order valence-corrected chi connectivity index (χ0v) is 13.6. The second-order valence-electron chi connectivity index (χ2n) is 6.21. The summed E-state index contributed by atoms with van der Waals surface area (Å²) in [6.45, 7) is 2.12. The van der Waals surface area contributed by atoms with Crippen molar-refractivity contribution in [3.05, 3.63) is 48.7 Å². The van der Waals surface area contributed by atoms with E-state index in [1.54, 1.807) is 6.20 Å². The molecule has 0 saturated carbocycles. The summed E-state index contributed by atoms with van der Waals surface area (Å²) in [7, 11) is 0. The minimum Gasteiger partial charge on any atom is -0.375 e. The number of pyridine rings is 1. The molecular formula is C18H20N4O2. The third kappa shape index (κ3) is 3.23. The molecule has 0 amide bonds. The minimum absolute atomic E-state index is 0.187. The number of hydrogen-bond donors (Lipinski definition) is 0. The van der Waals surface area contributed by atoms with Gasteiger partial charge >= 0.3 is 0 Å². The highest BCUT2D eigenvalue weighted by molar-refractivity contribution is 5.55. The first-order valence-electron chi connectivity index (χ1n) is 8.36. The first kappa shape index (κ1) is 15.1. The van der Waals surface area contributed by atoms with Gasteiger partial charge in [0.25, 0.3) is 5.89 Å². The van der Waals surface area contributed by atoms with E-state index in [9.17, 15) is 0 Å². The van der Waals surface area contributed by atoms with E-state index in [4.69, 9.17) is 9.26 Å². The summed E-state index contributed by atoms with van der Waals surface area (Å²) in [6, 6.07) is 7.74. The van der Waals surface area contributed by atoms with Gasteiger partial charge in [-0.05, 0) is 50.5 Å². The maximum atomic E-state index is 5.94. The topological polar surface area (TPSA) is 66.0 Å². The lowest BCUT2D eigenvalue weighted by molar-refractivity contribution is -0.0398. The van der Waals surface area contributed by atoms with Crippen LogP contribution < -0.4 is 0 Å². The highest BCUT2D eigenvalue weighted by Gasteiger charge is 2.22. The molecule has 2 unspecified atom stereocenters. The minimum atomic E-state index is 0.187. The maximum absolute atomic E-state index is 5.94. The lowest BCUT2D eigenvalue weighted by Crippen LogP contribution is -2.27. The highest BCUT2D eigenvalue weighted by atomic mass is 16.5. The lowest BCUT2D eigenvalue weighted by Gasteiger charge is -2.26. The van der Waals surface area contributed by atoms with Crippen LogP contribution in [0.5, 0.6) is 0 Å². The zero-order chi connectivity index (χ0) is 16.4. The van der Waals surface area contributed by atoms with Crippen LogP contribution in [0.1, 0.15) is 32.0 Å². The first-order chi connectivity index (χ1) is 11.8. The van der Waals surface area contributed by atoms with Crippen molar-refractivity contribution >= 4 is 0 Å². The van der Waals surface area contributed by atoms with E-state index in [2.05, 4.69) is 22.0 Å². The van der Waals surface area contributed by atoms with Gasteiger partial charge in [0, 0.05) is 30.6 Å². The van der Waals surface area contributed by atoms with E-state index in [1.807, 2.05) is 41.2 Å². The molecule has 1 saturated heterocycles. The number of nitrogens with zero attached hydrogens (tertiary/aromatic N) is 4. The van der Waals surface area contributed by atoms with E-state index >= 15 is 0 Å². The van der Waals surface area contributed by atoms with Crippen LogP contribution in [0.25, 0.3) is 17.3 Å². The molecule has 1 aliphatic heterocycles. The van der Waals surface area contributed by atoms with Crippen LogP contribution in [-0.2, 0) is 11.2 Å². The van der Waals surface area contributed by atoms with Gasteiger partial charge in [-0.2, -0.15) is 4.98 Å². The second-order valence-corrected chi connectivity index (χ2v) is 6.21. The van der Waals surface area contributed by atoms with Crippen molar-refractivity contribution in [2.24, 2.45) is 0 Å². The molecule has 0 spiro atoms. The van der Waals surface area contributed by atoms with E-state index < -0.39 is 0 Å². The number of ether oxygens (including phenoxy) is 1. The molecule has 24 heavy (non-hydrogen) atoms. The Kier molecular flexibility index (Phi) is 4.13. The summed E-state index contributed by atoms with van der Waals surface area (Å²) in [5.74, 6) is 2.04. The van der Waals surface area contributed by atoms with Crippen LogP contribution in [0.3, 0.4) is 0 Å². The summed E-state index contributed by atoms with van der Waals surface area (Å²) in [5, 5.41) is 4.11. The molecule has 1 aliphatic rings. The van der Waals surface area contributed by atoms with E-state index in [0.717, 1.165) is 24.2 Å². The average Bonchev–Trinajstić information content (AvgIpc) is 3.27. The van der Waals surface area contributed by atoms with Crippen molar-refractivity contribution in [1.29, 1.82) is 0 Å². The summed E-state index contributed by atoms with van der Waals surface area (Å²) in [4.78, 5) is 8.90. The Morgan fingerprint density at radius 2 is 2.12 bits per heavy atom. The molecule has 0 bridgehead atoms. The van der Waals surface area contributed by atoms with Crippen molar-refractivity contribution in [3.63, 3.8) is 0 Å². The number of rotatable bonds is 4. The molecule has 6 nitrogen and oxygen atoms in total. The van der Waals surface area contributed by atoms with Crippen molar-refractivity contribution in [2.45, 2.75) is 44.8 Å². The Morgan fingerprint density at radius 1 is 1.25 bits per heavy atom. The van der Waals surface area contributed by atoms with Crippen molar-refractivity contribution in [2.75, 3.05) is 0 Å². The van der Waals surface area contributed by atoms with Crippen LogP contribution in [-0.4, -0.2) is 31.9 Å². The molecule has 124 valence electrons. The van der Waals surface area contributed by atoms with E-state index in [0.29, 0.717) is 24.2 Å².